The molecule has 0 spiro atoms. The summed E-state index contributed by atoms with van der Waals surface area (Å²) in [5.41, 5.74) is 5.79. The van der Waals surface area contributed by atoms with E-state index >= 15 is 0 Å². The molecule has 7 heteroatoms. The SMILES string of the molecule is COc1cc(OCCF)cc(OC)c1NC(=O)c1ccc(Cc2cc3c(cc2C)CCCC3(C)C)o1. The van der Waals surface area contributed by atoms with Crippen LogP contribution in [0.15, 0.2) is 40.8 Å². The van der Waals surface area contributed by atoms with Crippen molar-refractivity contribution < 1.29 is 27.8 Å². The maximum absolute atomic E-state index is 13.0. The maximum atomic E-state index is 13.0. The van der Waals surface area contributed by atoms with E-state index in [2.05, 4.69) is 38.2 Å². The topological polar surface area (TPSA) is 69.9 Å². The van der Waals surface area contributed by atoms with Gasteiger partial charge >= 0.3 is 0 Å². The second-order valence-corrected chi connectivity index (χ2v) is 9.81. The summed E-state index contributed by atoms with van der Waals surface area (Å²) in [6.07, 6.45) is 4.14. The first-order valence-electron chi connectivity index (χ1n) is 12.2. The highest BCUT2D eigenvalue weighted by atomic mass is 19.1. The Morgan fingerprint density at radius 2 is 1.83 bits per heavy atom. The van der Waals surface area contributed by atoms with Crippen molar-refractivity contribution in [3.05, 3.63) is 70.2 Å². The molecule has 0 radical (unpaired) electrons. The molecule has 1 amide bonds. The van der Waals surface area contributed by atoms with Gasteiger partial charge in [0.05, 0.1) is 14.2 Å². The van der Waals surface area contributed by atoms with Gasteiger partial charge in [-0.2, -0.15) is 0 Å². The Labute approximate surface area is 211 Å². The summed E-state index contributed by atoms with van der Waals surface area (Å²) in [4.78, 5) is 13.0. The van der Waals surface area contributed by atoms with Crippen LogP contribution in [0.4, 0.5) is 10.1 Å². The lowest BCUT2D eigenvalue weighted by Crippen LogP contribution is -2.24. The van der Waals surface area contributed by atoms with Crippen LogP contribution in [0, 0.1) is 6.92 Å². The molecule has 0 aliphatic heterocycles. The van der Waals surface area contributed by atoms with Gasteiger partial charge in [-0.05, 0) is 66.0 Å². The number of hydrogen-bond acceptors (Lipinski definition) is 5. The number of methoxy groups -OCH3 is 2. The second kappa shape index (κ2) is 10.6. The Bertz CT molecular complexity index is 1220. The number of alkyl halides is 1. The van der Waals surface area contributed by atoms with Crippen LogP contribution in [-0.4, -0.2) is 33.4 Å². The number of rotatable bonds is 9. The third-order valence-corrected chi connectivity index (χ3v) is 6.85. The number of nitrogens with one attached hydrogen (secondary N) is 1. The number of furan rings is 1. The fraction of sp³-hybridized carbons (Fsp3) is 0.414. The highest BCUT2D eigenvalue weighted by Gasteiger charge is 2.28. The minimum atomic E-state index is -0.618. The van der Waals surface area contributed by atoms with Gasteiger partial charge in [-0.25, -0.2) is 4.39 Å². The first-order chi connectivity index (χ1) is 17.2. The number of anilines is 1. The van der Waals surface area contributed by atoms with Crippen LogP contribution in [0.1, 0.15) is 65.3 Å². The molecule has 6 nitrogen and oxygen atoms in total. The summed E-state index contributed by atoms with van der Waals surface area (Å²) >= 11 is 0. The van der Waals surface area contributed by atoms with Crippen LogP contribution in [0.3, 0.4) is 0 Å². The highest BCUT2D eigenvalue weighted by molar-refractivity contribution is 6.04. The van der Waals surface area contributed by atoms with E-state index in [-0.39, 0.29) is 17.8 Å². The zero-order chi connectivity index (χ0) is 25.9. The Morgan fingerprint density at radius 1 is 1.11 bits per heavy atom. The van der Waals surface area contributed by atoms with E-state index in [1.54, 1.807) is 18.2 Å². The molecule has 4 rings (SSSR count). The predicted molar refractivity (Wildman–Crippen MR) is 138 cm³/mol. The molecule has 0 fully saturated rings. The van der Waals surface area contributed by atoms with Gasteiger partial charge in [0.2, 0.25) is 0 Å². The number of hydrogen-bond donors (Lipinski definition) is 1. The first kappa shape index (κ1) is 25.6. The number of halogens is 1. The Hall–Kier alpha value is -3.48. The van der Waals surface area contributed by atoms with E-state index in [4.69, 9.17) is 18.6 Å². The van der Waals surface area contributed by atoms with Crippen molar-refractivity contribution in [2.24, 2.45) is 0 Å². The first-order valence-corrected chi connectivity index (χ1v) is 12.2. The summed E-state index contributed by atoms with van der Waals surface area (Å²) in [7, 11) is 2.94. The van der Waals surface area contributed by atoms with Crippen molar-refractivity contribution in [3.63, 3.8) is 0 Å². The van der Waals surface area contributed by atoms with Gasteiger partial charge in [0.1, 0.15) is 42.0 Å². The predicted octanol–water partition coefficient (Wildman–Crippen LogP) is 6.41. The summed E-state index contributed by atoms with van der Waals surface area (Å²) in [6, 6.07) is 11.3. The summed E-state index contributed by atoms with van der Waals surface area (Å²) < 4.78 is 34.6. The van der Waals surface area contributed by atoms with Gasteiger partial charge in [0.15, 0.2) is 5.76 Å². The Balaban J connectivity index is 1.53. The van der Waals surface area contributed by atoms with Crippen LogP contribution >= 0.6 is 0 Å². The number of carbonyl (C=O) groups is 1. The molecule has 1 N–H and O–H groups in total. The largest absolute Gasteiger partial charge is 0.494 e. The van der Waals surface area contributed by atoms with E-state index < -0.39 is 12.6 Å². The molecule has 0 saturated carbocycles. The summed E-state index contributed by atoms with van der Waals surface area (Å²) in [5, 5.41) is 2.81. The molecule has 3 aromatic rings. The van der Waals surface area contributed by atoms with Crippen LogP contribution in [0.25, 0.3) is 0 Å². The van der Waals surface area contributed by atoms with E-state index in [9.17, 15) is 9.18 Å². The zero-order valence-electron chi connectivity index (χ0n) is 21.6. The number of benzene rings is 2. The molecule has 0 bridgehead atoms. The molecule has 192 valence electrons. The molecule has 0 atom stereocenters. The van der Waals surface area contributed by atoms with Crippen molar-refractivity contribution in [1.29, 1.82) is 0 Å². The molecule has 0 unspecified atom stereocenters. The zero-order valence-corrected chi connectivity index (χ0v) is 21.6. The molecular formula is C29H34FNO5. The van der Waals surface area contributed by atoms with E-state index in [1.807, 2.05) is 6.07 Å². The minimum absolute atomic E-state index is 0.0889. The molecule has 0 saturated heterocycles. The average molecular weight is 496 g/mol. The van der Waals surface area contributed by atoms with Crippen LogP contribution in [0.5, 0.6) is 17.2 Å². The maximum Gasteiger partial charge on any atom is 0.291 e. The number of amides is 1. The molecule has 2 aromatic carbocycles. The van der Waals surface area contributed by atoms with E-state index in [0.29, 0.717) is 35.1 Å². The van der Waals surface area contributed by atoms with Gasteiger partial charge in [-0.3, -0.25) is 4.79 Å². The molecular weight excluding hydrogens is 461 g/mol. The van der Waals surface area contributed by atoms with Crippen molar-refractivity contribution in [2.45, 2.75) is 51.9 Å². The number of aryl methyl sites for hydroxylation is 2. The van der Waals surface area contributed by atoms with Crippen LogP contribution in [-0.2, 0) is 18.3 Å². The molecule has 1 aromatic heterocycles. The van der Waals surface area contributed by atoms with Gasteiger partial charge in [-0.1, -0.05) is 26.0 Å². The highest BCUT2D eigenvalue weighted by Crippen LogP contribution is 2.40. The fourth-order valence-electron chi connectivity index (χ4n) is 4.90. The van der Waals surface area contributed by atoms with Gasteiger partial charge in [0, 0.05) is 18.6 Å². The smallest absolute Gasteiger partial charge is 0.291 e. The Kier molecular flexibility index (Phi) is 7.57. The number of fused-ring (bicyclic) bond motifs is 1. The van der Waals surface area contributed by atoms with Crippen molar-refractivity contribution in [2.75, 3.05) is 32.8 Å². The quantitative estimate of drug-likeness (QED) is 0.371. The fourth-order valence-corrected chi connectivity index (χ4v) is 4.90. The normalized spacial score (nSPS) is 14.2. The van der Waals surface area contributed by atoms with Crippen molar-refractivity contribution >= 4 is 11.6 Å². The lowest BCUT2D eigenvalue weighted by Gasteiger charge is -2.33. The summed E-state index contributed by atoms with van der Waals surface area (Å²) in [6.45, 7) is 6.04. The standard InChI is InChI=1S/C29H34FNO5/c1-18-13-19-7-6-10-29(2,3)23(19)15-20(18)14-21-8-9-24(36-21)28(32)31-27-25(33-4)16-22(35-12-11-30)17-26(27)34-5/h8-9,13,15-17H,6-7,10-12,14H2,1-5H3,(H,31,32). The van der Waals surface area contributed by atoms with Crippen molar-refractivity contribution in [1.82, 2.24) is 0 Å². The van der Waals surface area contributed by atoms with Gasteiger partial charge in [0.25, 0.3) is 5.91 Å². The molecule has 1 heterocycles. The monoisotopic (exact) mass is 495 g/mol. The number of ether oxygens (including phenoxy) is 3. The summed E-state index contributed by atoms with van der Waals surface area (Å²) in [5.74, 6) is 1.50. The lowest BCUT2D eigenvalue weighted by atomic mass is 9.71. The van der Waals surface area contributed by atoms with E-state index in [1.165, 1.54) is 49.3 Å². The third-order valence-electron chi connectivity index (χ3n) is 6.85. The average Bonchev–Trinajstić information content (AvgIpc) is 3.32. The second-order valence-electron chi connectivity index (χ2n) is 9.81. The van der Waals surface area contributed by atoms with Crippen LogP contribution < -0.4 is 19.5 Å². The molecule has 1 aliphatic rings. The minimum Gasteiger partial charge on any atom is -0.494 e. The molecule has 36 heavy (non-hydrogen) atoms. The lowest BCUT2D eigenvalue weighted by molar-refractivity contribution is 0.0994. The third kappa shape index (κ3) is 5.35. The van der Waals surface area contributed by atoms with Gasteiger partial charge in [-0.15, -0.1) is 0 Å². The van der Waals surface area contributed by atoms with Crippen LogP contribution in [0.2, 0.25) is 0 Å². The van der Waals surface area contributed by atoms with Gasteiger partial charge < -0.3 is 23.9 Å². The molecule has 1 aliphatic carbocycles. The Morgan fingerprint density at radius 3 is 2.50 bits per heavy atom. The van der Waals surface area contributed by atoms with Crippen molar-refractivity contribution in [3.8, 4) is 17.2 Å². The van der Waals surface area contributed by atoms with E-state index in [0.717, 1.165) is 6.42 Å². The number of carbonyl (C=O) groups excluding carboxylic acids is 1.